The molecule has 7 nitrogen and oxygen atoms in total. The number of amides is 1. The van der Waals surface area contributed by atoms with Gasteiger partial charge in [-0.15, -0.1) is 0 Å². The maximum Gasteiger partial charge on any atom is 0.408 e. The summed E-state index contributed by atoms with van der Waals surface area (Å²) in [7, 11) is 0. The van der Waals surface area contributed by atoms with Crippen LogP contribution in [0.5, 0.6) is 0 Å². The summed E-state index contributed by atoms with van der Waals surface area (Å²) < 4.78 is 22.3. The highest BCUT2D eigenvalue weighted by Crippen LogP contribution is 2.43. The molecule has 4 heterocycles. The number of ether oxygens (including phenoxy) is 1. The van der Waals surface area contributed by atoms with Gasteiger partial charge in [-0.3, -0.25) is 9.80 Å². The highest BCUT2D eigenvalue weighted by Gasteiger charge is 2.42. The van der Waals surface area contributed by atoms with Gasteiger partial charge < -0.3 is 14.6 Å². The van der Waals surface area contributed by atoms with Crippen LogP contribution in [-0.4, -0.2) is 56.2 Å². The number of aromatic nitrogens is 2. The molecule has 3 aliphatic rings. The summed E-state index contributed by atoms with van der Waals surface area (Å²) in [6.07, 6.45) is 5.86. The van der Waals surface area contributed by atoms with Crippen LogP contribution in [0.2, 0.25) is 0 Å². The van der Waals surface area contributed by atoms with Crippen molar-refractivity contribution in [3.05, 3.63) is 88.8 Å². The number of halogens is 1. The Morgan fingerprint density at radius 3 is 2.51 bits per heavy atom. The summed E-state index contributed by atoms with van der Waals surface area (Å²) in [6.45, 7) is 11.6. The van der Waals surface area contributed by atoms with Crippen molar-refractivity contribution in [2.75, 3.05) is 13.1 Å². The SMILES string of the molecule is Cc1nc2c(n1C1CC3CCC(C1)N3CC[C@H](NC(=O)OC(C)(C)C)c1cccc(F)c1)CN(Cc1ccccc1)CC2. The molecule has 2 unspecified atom stereocenters. The van der Waals surface area contributed by atoms with Gasteiger partial charge in [-0.2, -0.15) is 0 Å². The van der Waals surface area contributed by atoms with E-state index in [1.165, 1.54) is 41.9 Å². The summed E-state index contributed by atoms with van der Waals surface area (Å²) in [6, 6.07) is 18.5. The third-order valence-electron chi connectivity index (χ3n) is 9.40. The Bertz CT molecular complexity index is 1400. The predicted octanol–water partition coefficient (Wildman–Crippen LogP) is 6.71. The molecule has 3 aliphatic heterocycles. The molecule has 0 saturated carbocycles. The van der Waals surface area contributed by atoms with E-state index in [0.29, 0.717) is 24.5 Å². The van der Waals surface area contributed by atoms with Crippen LogP contribution in [0, 0.1) is 12.7 Å². The zero-order valence-electron chi connectivity index (χ0n) is 26.1. The molecule has 2 saturated heterocycles. The van der Waals surface area contributed by atoms with E-state index in [4.69, 9.17) is 9.72 Å². The van der Waals surface area contributed by atoms with Crippen LogP contribution in [0.25, 0.3) is 0 Å². The number of rotatable bonds is 8. The molecule has 1 aromatic heterocycles. The van der Waals surface area contributed by atoms with Crippen LogP contribution in [0.1, 0.15) is 93.3 Å². The summed E-state index contributed by atoms with van der Waals surface area (Å²) in [5, 5.41) is 3.03. The second-order valence-electron chi connectivity index (χ2n) is 13.7. The van der Waals surface area contributed by atoms with E-state index in [2.05, 4.69) is 56.9 Å². The van der Waals surface area contributed by atoms with Gasteiger partial charge in [0.2, 0.25) is 0 Å². The van der Waals surface area contributed by atoms with E-state index in [0.717, 1.165) is 56.8 Å². The fourth-order valence-electron chi connectivity index (χ4n) is 7.63. The number of carbonyl (C=O) groups excluding carboxylic acids is 1. The van der Waals surface area contributed by atoms with Crippen molar-refractivity contribution in [3.8, 4) is 0 Å². The number of nitrogens with zero attached hydrogens (tertiary/aromatic N) is 4. The molecule has 2 bridgehead atoms. The normalized spacial score (nSPS) is 23.1. The number of benzene rings is 2. The Labute approximate surface area is 255 Å². The van der Waals surface area contributed by atoms with Crippen molar-refractivity contribution in [1.82, 2.24) is 24.7 Å². The molecule has 3 atom stereocenters. The molecule has 6 rings (SSSR count). The van der Waals surface area contributed by atoms with E-state index in [9.17, 15) is 9.18 Å². The van der Waals surface area contributed by atoms with Gasteiger partial charge in [-0.25, -0.2) is 14.2 Å². The summed E-state index contributed by atoms with van der Waals surface area (Å²) in [4.78, 5) is 23.0. The molecule has 0 spiro atoms. The third-order valence-corrected chi connectivity index (χ3v) is 9.40. The van der Waals surface area contributed by atoms with E-state index in [-0.39, 0.29) is 11.9 Å². The lowest BCUT2D eigenvalue weighted by Gasteiger charge is -2.41. The number of hydrogen-bond acceptors (Lipinski definition) is 5. The minimum absolute atomic E-state index is 0.296. The fraction of sp³-hybridized carbons (Fsp3) is 0.543. The Balaban J connectivity index is 1.13. The topological polar surface area (TPSA) is 62.6 Å². The first-order valence-electron chi connectivity index (χ1n) is 16.0. The maximum absolute atomic E-state index is 14.2. The monoisotopic (exact) mass is 587 g/mol. The van der Waals surface area contributed by atoms with Crippen molar-refractivity contribution < 1.29 is 13.9 Å². The maximum atomic E-state index is 14.2. The average molecular weight is 588 g/mol. The van der Waals surface area contributed by atoms with Crippen molar-refractivity contribution in [1.29, 1.82) is 0 Å². The molecule has 2 aromatic carbocycles. The Morgan fingerprint density at radius 2 is 1.81 bits per heavy atom. The zero-order valence-corrected chi connectivity index (χ0v) is 26.1. The molecule has 0 radical (unpaired) electrons. The van der Waals surface area contributed by atoms with Crippen LogP contribution < -0.4 is 5.32 Å². The Kier molecular flexibility index (Phi) is 8.60. The molecule has 1 amide bonds. The first-order valence-corrected chi connectivity index (χ1v) is 16.0. The van der Waals surface area contributed by atoms with Gasteiger partial charge in [-0.05, 0) is 83.1 Å². The largest absolute Gasteiger partial charge is 0.444 e. The number of alkyl carbamates (subject to hydrolysis) is 1. The average Bonchev–Trinajstić information content (AvgIpc) is 3.40. The van der Waals surface area contributed by atoms with Gasteiger partial charge in [0.25, 0.3) is 0 Å². The van der Waals surface area contributed by atoms with E-state index >= 15 is 0 Å². The van der Waals surface area contributed by atoms with Gasteiger partial charge in [0.15, 0.2) is 0 Å². The number of imidazole rings is 1. The Morgan fingerprint density at radius 1 is 1.07 bits per heavy atom. The van der Waals surface area contributed by atoms with Gasteiger partial charge in [0, 0.05) is 50.7 Å². The molecule has 0 aliphatic carbocycles. The van der Waals surface area contributed by atoms with Gasteiger partial charge in [-0.1, -0.05) is 42.5 Å². The lowest BCUT2D eigenvalue weighted by Crippen LogP contribution is -2.45. The number of carbonyl (C=O) groups is 1. The van der Waals surface area contributed by atoms with E-state index < -0.39 is 11.7 Å². The quantitative estimate of drug-likeness (QED) is 0.317. The lowest BCUT2D eigenvalue weighted by molar-refractivity contribution is 0.0488. The van der Waals surface area contributed by atoms with Crippen molar-refractivity contribution in [3.63, 3.8) is 0 Å². The van der Waals surface area contributed by atoms with Crippen LogP contribution >= 0.6 is 0 Å². The second-order valence-corrected chi connectivity index (χ2v) is 13.7. The van der Waals surface area contributed by atoms with Gasteiger partial charge in [0.05, 0.1) is 17.4 Å². The molecule has 2 fully saturated rings. The van der Waals surface area contributed by atoms with Gasteiger partial charge in [0.1, 0.15) is 17.2 Å². The molecular formula is C35H46FN5O2. The molecule has 8 heteroatoms. The van der Waals surface area contributed by atoms with E-state index in [1.807, 2.05) is 26.8 Å². The smallest absolute Gasteiger partial charge is 0.408 e. The number of hydrogen-bond donors (Lipinski definition) is 1. The molecule has 43 heavy (non-hydrogen) atoms. The highest BCUT2D eigenvalue weighted by atomic mass is 19.1. The van der Waals surface area contributed by atoms with Crippen molar-refractivity contribution in [2.45, 2.75) is 109 Å². The van der Waals surface area contributed by atoms with Crippen LogP contribution in [-0.2, 0) is 24.2 Å². The van der Waals surface area contributed by atoms with Crippen LogP contribution in [0.4, 0.5) is 9.18 Å². The number of fused-ring (bicyclic) bond motifs is 3. The van der Waals surface area contributed by atoms with Gasteiger partial charge >= 0.3 is 6.09 Å². The number of nitrogens with one attached hydrogen (secondary N) is 1. The lowest BCUT2D eigenvalue weighted by atomic mass is 9.95. The highest BCUT2D eigenvalue weighted by molar-refractivity contribution is 5.68. The van der Waals surface area contributed by atoms with Crippen LogP contribution in [0.3, 0.4) is 0 Å². The first-order chi connectivity index (χ1) is 20.6. The standard InChI is InChI=1S/C35H46FN5O2/c1-24-37-32-15-17-39(22-25-9-6-5-7-10-25)23-33(32)41(24)30-20-28-13-14-29(21-30)40(28)18-16-31(26-11-8-12-27(36)19-26)38-34(42)43-35(2,3)4/h5-12,19,28-31H,13-18,20-23H2,1-4H3,(H,38,42)/t28?,29?,30?,31-/m0/s1. The summed E-state index contributed by atoms with van der Waals surface area (Å²) in [5.74, 6) is 0.855. The Hall–Kier alpha value is -3.23. The molecule has 1 N–H and O–H groups in total. The van der Waals surface area contributed by atoms with Crippen molar-refractivity contribution >= 4 is 6.09 Å². The molecule has 3 aromatic rings. The summed E-state index contributed by atoms with van der Waals surface area (Å²) >= 11 is 0. The zero-order chi connectivity index (χ0) is 30.1. The minimum atomic E-state index is -0.596. The van der Waals surface area contributed by atoms with Crippen molar-refractivity contribution in [2.24, 2.45) is 0 Å². The minimum Gasteiger partial charge on any atom is -0.444 e. The van der Waals surface area contributed by atoms with Crippen LogP contribution in [0.15, 0.2) is 54.6 Å². The summed E-state index contributed by atoms with van der Waals surface area (Å²) in [5.41, 5.74) is 4.22. The third kappa shape index (κ3) is 6.96. The van der Waals surface area contributed by atoms with E-state index in [1.54, 1.807) is 6.07 Å². The predicted molar refractivity (Wildman–Crippen MR) is 166 cm³/mol. The molecular weight excluding hydrogens is 541 g/mol. The molecule has 230 valence electrons. The number of aryl methyl sites for hydroxylation is 1. The first kappa shape index (κ1) is 29.8. The fourth-order valence-corrected chi connectivity index (χ4v) is 7.63. The second kappa shape index (κ2) is 12.4. The number of piperidine rings is 1.